The molecular formula is C24H32O9S2. The van der Waals surface area contributed by atoms with E-state index in [0.29, 0.717) is 6.42 Å². The number of carboxylic acids is 1. The summed E-state index contributed by atoms with van der Waals surface area (Å²) >= 11 is 0. The highest BCUT2D eigenvalue weighted by Gasteiger charge is 2.39. The third-order valence-corrected chi connectivity index (χ3v) is 7.64. The van der Waals surface area contributed by atoms with E-state index in [9.17, 15) is 26.7 Å². The molecule has 0 heterocycles. The topological polar surface area (TPSA) is 133 Å². The highest BCUT2D eigenvalue weighted by atomic mass is 32.2. The lowest BCUT2D eigenvalue weighted by Gasteiger charge is -2.33. The van der Waals surface area contributed by atoms with Crippen molar-refractivity contribution in [3.63, 3.8) is 0 Å². The molecule has 1 N–H and O–H groups in total. The Balaban J connectivity index is 1.95. The van der Waals surface area contributed by atoms with Crippen molar-refractivity contribution in [3.05, 3.63) is 66.2 Å². The fourth-order valence-corrected chi connectivity index (χ4v) is 5.54. The van der Waals surface area contributed by atoms with Crippen LogP contribution in [0.2, 0.25) is 0 Å². The van der Waals surface area contributed by atoms with E-state index in [4.69, 9.17) is 13.1 Å². The number of para-hydroxylation sites is 1. The molecule has 35 heavy (non-hydrogen) atoms. The van der Waals surface area contributed by atoms with Crippen molar-refractivity contribution in [2.24, 2.45) is 5.41 Å². The smallest absolute Gasteiger partial charge is 0.333 e. The number of aliphatic carboxylic acids is 1. The van der Waals surface area contributed by atoms with Crippen molar-refractivity contribution in [1.29, 1.82) is 0 Å². The third kappa shape index (κ3) is 9.60. The van der Waals surface area contributed by atoms with Crippen LogP contribution in [-0.2, 0) is 34.0 Å². The summed E-state index contributed by atoms with van der Waals surface area (Å²) in [6.07, 6.45) is -1.57. The Kier molecular flexibility index (Phi) is 10.3. The van der Waals surface area contributed by atoms with E-state index in [1.54, 1.807) is 18.2 Å². The van der Waals surface area contributed by atoms with Gasteiger partial charge in [0.25, 0.3) is 10.1 Å². The molecule has 11 heteroatoms. The second-order valence-electron chi connectivity index (χ2n) is 8.69. The molecule has 0 bridgehead atoms. The molecule has 2 aromatic carbocycles. The van der Waals surface area contributed by atoms with Crippen molar-refractivity contribution in [2.75, 3.05) is 18.1 Å². The van der Waals surface area contributed by atoms with Crippen molar-refractivity contribution in [2.45, 2.75) is 45.8 Å². The van der Waals surface area contributed by atoms with Gasteiger partial charge in [0.05, 0.1) is 24.2 Å². The van der Waals surface area contributed by atoms with Crippen molar-refractivity contribution in [3.8, 4) is 5.75 Å². The number of hydrogen-bond donors (Lipinski definition) is 1. The summed E-state index contributed by atoms with van der Waals surface area (Å²) in [4.78, 5) is 12.0. The first-order valence-electron chi connectivity index (χ1n) is 11.1. The van der Waals surface area contributed by atoms with Crippen LogP contribution >= 0.6 is 0 Å². The van der Waals surface area contributed by atoms with Crippen molar-refractivity contribution >= 4 is 26.2 Å². The molecule has 0 aliphatic rings. The van der Waals surface area contributed by atoms with Crippen LogP contribution in [0.1, 0.15) is 45.3 Å². The third-order valence-electron chi connectivity index (χ3n) is 5.14. The van der Waals surface area contributed by atoms with Crippen LogP contribution in [0.3, 0.4) is 0 Å². The van der Waals surface area contributed by atoms with Gasteiger partial charge in [0, 0.05) is 5.41 Å². The van der Waals surface area contributed by atoms with E-state index in [1.807, 2.05) is 37.3 Å². The van der Waals surface area contributed by atoms with E-state index in [1.165, 1.54) is 26.0 Å². The molecule has 0 saturated heterocycles. The molecule has 0 saturated carbocycles. The molecular weight excluding hydrogens is 496 g/mol. The highest BCUT2D eigenvalue weighted by molar-refractivity contribution is 7.87. The first-order valence-corrected chi connectivity index (χ1v) is 14.3. The van der Waals surface area contributed by atoms with Crippen LogP contribution in [0.4, 0.5) is 0 Å². The van der Waals surface area contributed by atoms with Crippen LogP contribution in [0.25, 0.3) is 0 Å². The number of benzene rings is 2. The number of carboxylic acid groups (broad SMARTS) is 1. The van der Waals surface area contributed by atoms with Gasteiger partial charge < -0.3 is 14.0 Å². The Morgan fingerprint density at radius 2 is 1.46 bits per heavy atom. The van der Waals surface area contributed by atoms with Gasteiger partial charge in [-0.15, -0.1) is 0 Å². The van der Waals surface area contributed by atoms with Crippen molar-refractivity contribution < 1.29 is 39.8 Å². The number of carbonyl (C=O) groups is 1. The molecule has 9 nitrogen and oxygen atoms in total. The average molecular weight is 529 g/mol. The van der Waals surface area contributed by atoms with Crippen LogP contribution in [0, 0.1) is 5.41 Å². The van der Waals surface area contributed by atoms with E-state index in [0.717, 1.165) is 5.56 Å². The second kappa shape index (κ2) is 12.5. The normalized spacial score (nSPS) is 14.3. The van der Waals surface area contributed by atoms with Gasteiger partial charge in [-0.25, -0.2) is 4.79 Å². The van der Waals surface area contributed by atoms with Gasteiger partial charge in [0.1, 0.15) is 5.75 Å². The molecule has 194 valence electrons. The maximum atomic E-state index is 12.4. The van der Waals surface area contributed by atoms with Crippen LogP contribution in [0.5, 0.6) is 5.75 Å². The Labute approximate surface area is 207 Å². The first kappa shape index (κ1) is 28.8. The SMILES string of the molecule is CCC(O[C@@H](C(=O)O)C(C)(C)COS(=O)(=O)CCCS(=O)(=O)Oc1ccccc1)c1ccccc1. The maximum absolute atomic E-state index is 12.4. The minimum atomic E-state index is -4.12. The van der Waals surface area contributed by atoms with E-state index in [2.05, 4.69) is 0 Å². The predicted molar refractivity (Wildman–Crippen MR) is 131 cm³/mol. The summed E-state index contributed by atoms with van der Waals surface area (Å²) in [7, 11) is -8.11. The molecule has 2 aromatic rings. The summed E-state index contributed by atoms with van der Waals surface area (Å²) in [5.74, 6) is -2.20. The molecule has 0 fully saturated rings. The lowest BCUT2D eigenvalue weighted by Crippen LogP contribution is -2.43. The lowest BCUT2D eigenvalue weighted by atomic mass is 9.87. The summed E-state index contributed by atoms with van der Waals surface area (Å²) in [5, 5.41) is 9.77. The van der Waals surface area contributed by atoms with Crippen molar-refractivity contribution in [1.82, 2.24) is 0 Å². The van der Waals surface area contributed by atoms with E-state index in [-0.39, 0.29) is 12.2 Å². The number of rotatable bonds is 15. The summed E-state index contributed by atoms with van der Waals surface area (Å²) in [6, 6.07) is 17.0. The maximum Gasteiger partial charge on any atom is 0.333 e. The minimum absolute atomic E-state index is 0.133. The minimum Gasteiger partial charge on any atom is -0.479 e. The zero-order valence-electron chi connectivity index (χ0n) is 20.0. The van der Waals surface area contributed by atoms with Crippen LogP contribution in [-0.4, -0.2) is 52.1 Å². The average Bonchev–Trinajstić information content (AvgIpc) is 2.79. The Bertz CT molecular complexity index is 1150. The fourth-order valence-electron chi connectivity index (χ4n) is 3.27. The van der Waals surface area contributed by atoms with E-state index >= 15 is 0 Å². The Hall–Kier alpha value is -2.47. The summed E-state index contributed by atoms with van der Waals surface area (Å²) < 4.78 is 64.8. The monoisotopic (exact) mass is 528 g/mol. The Morgan fingerprint density at radius 3 is 2.00 bits per heavy atom. The molecule has 0 radical (unpaired) electrons. The zero-order chi connectivity index (χ0) is 26.1. The van der Waals surface area contributed by atoms with Crippen LogP contribution in [0.15, 0.2) is 60.7 Å². The first-order chi connectivity index (χ1) is 16.4. The van der Waals surface area contributed by atoms with Gasteiger partial charge >= 0.3 is 16.1 Å². The van der Waals surface area contributed by atoms with Gasteiger partial charge in [-0.05, 0) is 30.5 Å². The summed E-state index contributed by atoms with van der Waals surface area (Å²) in [5.41, 5.74) is -0.395. The van der Waals surface area contributed by atoms with Gasteiger partial charge in [-0.3, -0.25) is 4.18 Å². The quantitative estimate of drug-likeness (QED) is 0.343. The molecule has 0 amide bonds. The second-order valence-corrected chi connectivity index (χ2v) is 12.1. The Morgan fingerprint density at radius 1 is 0.914 bits per heavy atom. The number of ether oxygens (including phenoxy) is 1. The van der Waals surface area contributed by atoms with Gasteiger partial charge in [-0.2, -0.15) is 16.8 Å². The summed E-state index contributed by atoms with van der Waals surface area (Å²) in [6.45, 7) is 4.49. The molecule has 0 aliphatic carbocycles. The standard InChI is InChI=1S/C24H32O9S2/c1-4-21(19-12-7-5-8-13-19)32-22(23(25)26)24(2,3)18-31-34(27,28)16-11-17-35(29,30)33-20-14-9-6-10-15-20/h5-10,12-15,21-22H,4,11,16-18H2,1-3H3,(H,25,26)/t21?,22-/m0/s1. The van der Waals surface area contributed by atoms with Crippen LogP contribution < -0.4 is 4.18 Å². The van der Waals surface area contributed by atoms with E-state index < -0.39 is 61.9 Å². The predicted octanol–water partition coefficient (Wildman–Crippen LogP) is 3.78. The highest BCUT2D eigenvalue weighted by Crippen LogP contribution is 2.31. The van der Waals surface area contributed by atoms with Gasteiger partial charge in [0.2, 0.25) is 0 Å². The molecule has 2 rings (SSSR count). The number of hydrogen-bond acceptors (Lipinski definition) is 8. The lowest BCUT2D eigenvalue weighted by molar-refractivity contribution is -0.168. The molecule has 0 spiro atoms. The molecule has 1 unspecified atom stereocenters. The van der Waals surface area contributed by atoms with Gasteiger partial charge in [0.15, 0.2) is 6.10 Å². The zero-order valence-corrected chi connectivity index (χ0v) is 21.6. The van der Waals surface area contributed by atoms with Gasteiger partial charge in [-0.1, -0.05) is 69.3 Å². The fraction of sp³-hybridized carbons (Fsp3) is 0.458. The molecule has 0 aromatic heterocycles. The largest absolute Gasteiger partial charge is 0.479 e. The molecule has 0 aliphatic heterocycles. The molecule has 2 atom stereocenters.